The summed E-state index contributed by atoms with van der Waals surface area (Å²) in [5.74, 6) is -0.706. The van der Waals surface area contributed by atoms with Gasteiger partial charge in [-0.3, -0.25) is 9.59 Å². The first-order valence-corrected chi connectivity index (χ1v) is 11.5. The molecular formula is C22H22ClN5O5S. The van der Waals surface area contributed by atoms with E-state index in [1.807, 2.05) is 6.92 Å². The van der Waals surface area contributed by atoms with Crippen LogP contribution in [0.25, 0.3) is 0 Å². The van der Waals surface area contributed by atoms with Gasteiger partial charge in [0, 0.05) is 18.3 Å². The highest BCUT2D eigenvalue weighted by Gasteiger charge is 2.17. The van der Waals surface area contributed by atoms with Gasteiger partial charge in [-0.15, -0.1) is 10.2 Å². The normalized spacial score (nSPS) is 10.6. The van der Waals surface area contributed by atoms with Gasteiger partial charge in [0.15, 0.2) is 5.16 Å². The van der Waals surface area contributed by atoms with Crippen molar-refractivity contribution in [1.29, 1.82) is 0 Å². The predicted octanol–water partition coefficient (Wildman–Crippen LogP) is 3.57. The maximum atomic E-state index is 12.5. The molecule has 0 aliphatic carbocycles. The number of benzene rings is 2. The van der Waals surface area contributed by atoms with Crippen LogP contribution in [0, 0.1) is 0 Å². The number of carbonyl (C=O) groups is 3. The molecule has 34 heavy (non-hydrogen) atoms. The molecule has 12 heteroatoms. The second-order valence-electron chi connectivity index (χ2n) is 6.94. The molecule has 0 aliphatic heterocycles. The second-order valence-corrected chi connectivity index (χ2v) is 8.29. The summed E-state index contributed by atoms with van der Waals surface area (Å²) in [6.07, 6.45) is 0.00238. The number of carboxylic acid groups (broad SMARTS) is 1. The number of hydrogen-bond acceptors (Lipinski definition) is 7. The largest absolute Gasteiger partial charge is 0.497 e. The fraction of sp³-hybridized carbons (Fsp3) is 0.227. The molecule has 0 saturated heterocycles. The highest BCUT2D eigenvalue weighted by molar-refractivity contribution is 7.99. The molecule has 0 atom stereocenters. The first kappa shape index (κ1) is 25.1. The zero-order chi connectivity index (χ0) is 24.7. The van der Waals surface area contributed by atoms with Gasteiger partial charge in [-0.25, -0.2) is 4.79 Å². The van der Waals surface area contributed by atoms with Crippen LogP contribution >= 0.6 is 23.4 Å². The summed E-state index contributed by atoms with van der Waals surface area (Å²) in [6.45, 7) is 2.39. The fourth-order valence-corrected chi connectivity index (χ4v) is 3.98. The SMILES string of the molecule is CCn1c(CC(=O)Nc2cccc(OC)c2)nnc1SCC(=O)Nc1cc(C(=O)O)ccc1Cl. The molecule has 1 aromatic heterocycles. The lowest BCUT2D eigenvalue weighted by Gasteiger charge is -2.10. The first-order chi connectivity index (χ1) is 16.3. The molecule has 0 unspecified atom stereocenters. The van der Waals surface area contributed by atoms with Gasteiger partial charge in [-0.1, -0.05) is 29.4 Å². The molecule has 0 spiro atoms. The fourth-order valence-electron chi connectivity index (χ4n) is 2.99. The summed E-state index contributed by atoms with van der Waals surface area (Å²) in [5.41, 5.74) is 0.817. The monoisotopic (exact) mass is 503 g/mol. The van der Waals surface area contributed by atoms with Crippen LogP contribution in [0.15, 0.2) is 47.6 Å². The zero-order valence-corrected chi connectivity index (χ0v) is 19.9. The molecule has 3 N–H and O–H groups in total. The number of carboxylic acids is 1. The van der Waals surface area contributed by atoms with Gasteiger partial charge in [-0.2, -0.15) is 0 Å². The van der Waals surface area contributed by atoms with Crippen molar-refractivity contribution < 1.29 is 24.2 Å². The summed E-state index contributed by atoms with van der Waals surface area (Å²) in [5, 5.41) is 23.4. The van der Waals surface area contributed by atoms with E-state index in [-0.39, 0.29) is 34.4 Å². The van der Waals surface area contributed by atoms with Crippen molar-refractivity contribution in [3.63, 3.8) is 0 Å². The smallest absolute Gasteiger partial charge is 0.335 e. The Balaban J connectivity index is 1.60. The van der Waals surface area contributed by atoms with Crippen molar-refractivity contribution in [2.45, 2.75) is 25.0 Å². The van der Waals surface area contributed by atoms with Crippen LogP contribution in [0.5, 0.6) is 5.75 Å². The average molecular weight is 504 g/mol. The molecule has 0 aliphatic rings. The van der Waals surface area contributed by atoms with Gasteiger partial charge in [0.1, 0.15) is 11.6 Å². The van der Waals surface area contributed by atoms with E-state index in [2.05, 4.69) is 20.8 Å². The van der Waals surface area contributed by atoms with Crippen LogP contribution in [0.3, 0.4) is 0 Å². The van der Waals surface area contributed by atoms with Crippen LogP contribution in [-0.4, -0.2) is 50.5 Å². The first-order valence-electron chi connectivity index (χ1n) is 10.1. The van der Waals surface area contributed by atoms with E-state index >= 15 is 0 Å². The molecule has 2 aromatic carbocycles. The highest BCUT2D eigenvalue weighted by atomic mass is 35.5. The number of nitrogens with one attached hydrogen (secondary N) is 2. The van der Waals surface area contributed by atoms with E-state index in [1.165, 1.54) is 18.2 Å². The number of aromatic carboxylic acids is 1. The number of aromatic nitrogens is 3. The Bertz CT molecular complexity index is 1220. The Labute approximate surface area is 204 Å². The van der Waals surface area contributed by atoms with Gasteiger partial charge in [0.25, 0.3) is 0 Å². The summed E-state index contributed by atoms with van der Waals surface area (Å²) in [7, 11) is 1.55. The Hall–Kier alpha value is -3.57. The molecule has 0 saturated carbocycles. The average Bonchev–Trinajstić information content (AvgIpc) is 3.20. The Kier molecular flexibility index (Phi) is 8.50. The van der Waals surface area contributed by atoms with Gasteiger partial charge in [0.2, 0.25) is 11.8 Å². The molecule has 3 rings (SSSR count). The van der Waals surface area contributed by atoms with Gasteiger partial charge in [-0.05, 0) is 37.3 Å². The molecule has 0 fully saturated rings. The highest BCUT2D eigenvalue weighted by Crippen LogP contribution is 2.24. The van der Waals surface area contributed by atoms with E-state index in [4.69, 9.17) is 21.4 Å². The molecule has 1 heterocycles. The number of ether oxygens (including phenoxy) is 1. The number of methoxy groups -OCH3 is 1. The lowest BCUT2D eigenvalue weighted by atomic mass is 10.2. The number of carbonyl (C=O) groups excluding carboxylic acids is 2. The van der Waals surface area contributed by atoms with Gasteiger partial charge in [0.05, 0.1) is 35.6 Å². The maximum Gasteiger partial charge on any atom is 0.335 e. The third kappa shape index (κ3) is 6.49. The lowest BCUT2D eigenvalue weighted by Crippen LogP contribution is -2.18. The quantitative estimate of drug-likeness (QED) is 0.357. The Morgan fingerprint density at radius 3 is 2.62 bits per heavy atom. The van der Waals surface area contributed by atoms with E-state index in [9.17, 15) is 14.4 Å². The molecular weight excluding hydrogens is 482 g/mol. The molecule has 10 nitrogen and oxygen atoms in total. The van der Waals surface area contributed by atoms with Crippen LogP contribution in [0.1, 0.15) is 23.1 Å². The van der Waals surface area contributed by atoms with Gasteiger partial charge < -0.3 is 25.0 Å². The number of halogens is 1. The second kappa shape index (κ2) is 11.5. The van der Waals surface area contributed by atoms with Crippen LogP contribution in [-0.2, 0) is 22.6 Å². The molecule has 178 valence electrons. The van der Waals surface area contributed by atoms with E-state index in [0.29, 0.717) is 29.0 Å². The lowest BCUT2D eigenvalue weighted by molar-refractivity contribution is -0.116. The van der Waals surface area contributed by atoms with Crippen LogP contribution < -0.4 is 15.4 Å². The molecule has 0 radical (unpaired) electrons. The van der Waals surface area contributed by atoms with E-state index in [0.717, 1.165) is 11.8 Å². The minimum Gasteiger partial charge on any atom is -0.497 e. The van der Waals surface area contributed by atoms with Crippen molar-refractivity contribution >= 4 is 52.5 Å². The van der Waals surface area contributed by atoms with Crippen molar-refractivity contribution in [2.75, 3.05) is 23.5 Å². The third-order valence-corrected chi connectivity index (χ3v) is 5.90. The minimum atomic E-state index is -1.12. The number of thioether (sulfide) groups is 1. The molecule has 2 amide bonds. The number of rotatable bonds is 10. The number of hydrogen-bond donors (Lipinski definition) is 3. The van der Waals surface area contributed by atoms with E-state index < -0.39 is 11.9 Å². The van der Waals surface area contributed by atoms with E-state index in [1.54, 1.807) is 35.9 Å². The van der Waals surface area contributed by atoms with Crippen LogP contribution in [0.2, 0.25) is 5.02 Å². The van der Waals surface area contributed by atoms with Crippen molar-refractivity contribution in [2.24, 2.45) is 0 Å². The molecule has 0 bridgehead atoms. The Morgan fingerprint density at radius 1 is 1.12 bits per heavy atom. The zero-order valence-electron chi connectivity index (χ0n) is 18.4. The summed E-state index contributed by atoms with van der Waals surface area (Å²) in [6, 6.07) is 11.1. The molecule has 3 aromatic rings. The summed E-state index contributed by atoms with van der Waals surface area (Å²) in [4.78, 5) is 36.0. The van der Waals surface area contributed by atoms with Crippen molar-refractivity contribution in [3.8, 4) is 5.75 Å². The van der Waals surface area contributed by atoms with Crippen molar-refractivity contribution in [1.82, 2.24) is 14.8 Å². The third-order valence-electron chi connectivity index (χ3n) is 4.60. The predicted molar refractivity (Wildman–Crippen MR) is 129 cm³/mol. The van der Waals surface area contributed by atoms with Gasteiger partial charge >= 0.3 is 5.97 Å². The Morgan fingerprint density at radius 2 is 1.91 bits per heavy atom. The van der Waals surface area contributed by atoms with Crippen molar-refractivity contribution in [3.05, 3.63) is 58.9 Å². The number of amides is 2. The maximum absolute atomic E-state index is 12.5. The number of nitrogens with zero attached hydrogens (tertiary/aromatic N) is 3. The summed E-state index contributed by atoms with van der Waals surface area (Å²) >= 11 is 7.19. The standard InChI is InChI=1S/C22H22ClN5O5S/c1-3-28-18(11-19(29)24-14-5-4-6-15(10-14)33-2)26-27-22(28)34-12-20(30)25-17-9-13(21(31)32)7-8-16(17)23/h4-10H,3,11-12H2,1-2H3,(H,24,29)(H,25,30)(H,31,32). The topological polar surface area (TPSA) is 135 Å². The summed E-state index contributed by atoms with van der Waals surface area (Å²) < 4.78 is 6.91. The minimum absolute atomic E-state index is 0.00238. The van der Waals surface area contributed by atoms with Crippen LogP contribution in [0.4, 0.5) is 11.4 Å². The number of anilines is 2.